The van der Waals surface area contributed by atoms with Crippen LogP contribution in [0.4, 0.5) is 4.79 Å². The lowest BCUT2D eigenvalue weighted by atomic mass is 9.78. The molecule has 2 aliphatic rings. The van der Waals surface area contributed by atoms with E-state index in [9.17, 15) is 4.79 Å². The van der Waals surface area contributed by atoms with Gasteiger partial charge in [0.1, 0.15) is 0 Å². The summed E-state index contributed by atoms with van der Waals surface area (Å²) in [6, 6.07) is 4.58. The van der Waals surface area contributed by atoms with E-state index in [4.69, 9.17) is 4.74 Å². The molecule has 0 bridgehead atoms. The van der Waals surface area contributed by atoms with Gasteiger partial charge in [-0.25, -0.2) is 4.79 Å². The summed E-state index contributed by atoms with van der Waals surface area (Å²) < 4.78 is 8.25. The van der Waals surface area contributed by atoms with Crippen LogP contribution in [0.2, 0.25) is 0 Å². The van der Waals surface area contributed by atoms with Crippen molar-refractivity contribution in [1.29, 1.82) is 0 Å². The molecule has 5 heteroatoms. The quantitative estimate of drug-likeness (QED) is 0.856. The van der Waals surface area contributed by atoms with Gasteiger partial charge in [0.05, 0.1) is 5.60 Å². The Labute approximate surface area is 151 Å². The second-order valence-electron chi connectivity index (χ2n) is 7.95. The maximum atomic E-state index is 12.4. The van der Waals surface area contributed by atoms with E-state index >= 15 is 0 Å². The van der Waals surface area contributed by atoms with E-state index in [2.05, 4.69) is 47.5 Å². The minimum absolute atomic E-state index is 0.0303. The van der Waals surface area contributed by atoms with Crippen molar-refractivity contribution in [3.05, 3.63) is 24.0 Å². The van der Waals surface area contributed by atoms with Crippen molar-refractivity contribution < 1.29 is 9.53 Å². The van der Waals surface area contributed by atoms with Crippen LogP contribution in [0.15, 0.2) is 18.3 Å². The largest absolute Gasteiger partial charge is 0.375 e. The summed E-state index contributed by atoms with van der Waals surface area (Å²) in [5, 5.41) is 6.29. The fourth-order valence-electron chi connectivity index (χ4n) is 4.34. The molecule has 1 aliphatic heterocycles. The number of aromatic nitrogens is 1. The van der Waals surface area contributed by atoms with Crippen molar-refractivity contribution in [2.75, 3.05) is 6.61 Å². The van der Waals surface area contributed by atoms with Gasteiger partial charge >= 0.3 is 6.03 Å². The van der Waals surface area contributed by atoms with Gasteiger partial charge in [0.2, 0.25) is 0 Å². The summed E-state index contributed by atoms with van der Waals surface area (Å²) in [5.74, 6) is 0. The lowest BCUT2D eigenvalue weighted by Gasteiger charge is -2.43. The molecule has 0 radical (unpaired) electrons. The van der Waals surface area contributed by atoms with Gasteiger partial charge < -0.3 is 19.9 Å². The van der Waals surface area contributed by atoms with E-state index in [0.717, 1.165) is 45.1 Å². The number of amides is 2. The molecule has 5 nitrogen and oxygen atoms in total. The predicted molar refractivity (Wildman–Crippen MR) is 99.7 cm³/mol. The Hall–Kier alpha value is -1.49. The number of ether oxygens (including phenoxy) is 1. The smallest absolute Gasteiger partial charge is 0.315 e. The first-order valence-corrected chi connectivity index (χ1v) is 9.87. The average molecular weight is 348 g/mol. The Morgan fingerprint density at radius 3 is 2.92 bits per heavy atom. The number of rotatable bonds is 5. The molecule has 1 aromatic heterocycles. The average Bonchev–Trinajstić information content (AvgIpc) is 2.99. The van der Waals surface area contributed by atoms with Gasteiger partial charge in [-0.3, -0.25) is 0 Å². The van der Waals surface area contributed by atoms with Gasteiger partial charge in [-0.15, -0.1) is 0 Å². The molecule has 1 aromatic rings. The maximum absolute atomic E-state index is 12.4. The van der Waals surface area contributed by atoms with E-state index in [1.165, 1.54) is 25.0 Å². The Balaban J connectivity index is 1.41. The standard InChI is InChI=1S/C20H33N3O2/c1-16(8-9-18-7-6-13-23(18)2)21-19(24)22-17-10-14-25-20(15-17)11-4-3-5-12-20/h6-7,13,16-17H,3-5,8-12,14-15H2,1-2H3,(H2,21,22,24)/t16-,17+/m0/s1. The van der Waals surface area contributed by atoms with Gasteiger partial charge in [0, 0.05) is 37.6 Å². The van der Waals surface area contributed by atoms with Crippen LogP contribution in [0.5, 0.6) is 0 Å². The summed E-state index contributed by atoms with van der Waals surface area (Å²) >= 11 is 0. The Kier molecular flexibility index (Phi) is 6.05. The lowest BCUT2D eigenvalue weighted by Crippen LogP contribution is -2.52. The molecule has 2 atom stereocenters. The van der Waals surface area contributed by atoms with Crippen LogP contribution in [0.25, 0.3) is 0 Å². The monoisotopic (exact) mass is 347 g/mol. The molecule has 1 aliphatic carbocycles. The topological polar surface area (TPSA) is 55.3 Å². The molecule has 3 rings (SSSR count). The number of nitrogens with zero attached hydrogens (tertiary/aromatic N) is 1. The number of hydrogen-bond donors (Lipinski definition) is 2. The fourth-order valence-corrected chi connectivity index (χ4v) is 4.34. The number of urea groups is 1. The zero-order valence-corrected chi connectivity index (χ0v) is 15.7. The molecular formula is C20H33N3O2. The first-order valence-electron chi connectivity index (χ1n) is 9.87. The normalized spacial score (nSPS) is 24.0. The van der Waals surface area contributed by atoms with Crippen LogP contribution in [0.1, 0.15) is 64.0 Å². The first kappa shape index (κ1) is 18.3. The first-order chi connectivity index (χ1) is 12.1. The molecule has 1 saturated carbocycles. The number of hydrogen-bond acceptors (Lipinski definition) is 2. The van der Waals surface area contributed by atoms with Crippen molar-refractivity contribution in [1.82, 2.24) is 15.2 Å². The van der Waals surface area contributed by atoms with Crippen molar-refractivity contribution in [2.24, 2.45) is 7.05 Å². The highest BCUT2D eigenvalue weighted by atomic mass is 16.5. The van der Waals surface area contributed by atoms with E-state index in [1.54, 1.807) is 0 Å². The molecule has 0 unspecified atom stereocenters. The van der Waals surface area contributed by atoms with E-state index < -0.39 is 0 Å². The zero-order valence-electron chi connectivity index (χ0n) is 15.7. The molecule has 1 spiro atoms. The highest BCUT2D eigenvalue weighted by molar-refractivity contribution is 5.74. The van der Waals surface area contributed by atoms with Gasteiger partial charge in [0.15, 0.2) is 0 Å². The second-order valence-corrected chi connectivity index (χ2v) is 7.95. The number of carbonyl (C=O) groups is 1. The van der Waals surface area contributed by atoms with Crippen LogP contribution in [0.3, 0.4) is 0 Å². The van der Waals surface area contributed by atoms with Crippen molar-refractivity contribution in [3.63, 3.8) is 0 Å². The third-order valence-corrected chi connectivity index (χ3v) is 5.86. The second kappa shape index (κ2) is 8.26. The van der Waals surface area contributed by atoms with Crippen molar-refractivity contribution in [2.45, 2.75) is 82.4 Å². The highest BCUT2D eigenvalue weighted by Gasteiger charge is 2.38. The molecule has 2 N–H and O–H groups in total. The van der Waals surface area contributed by atoms with Gasteiger partial charge in [-0.1, -0.05) is 19.3 Å². The minimum Gasteiger partial charge on any atom is -0.375 e. The van der Waals surface area contributed by atoms with Gasteiger partial charge in [-0.2, -0.15) is 0 Å². The summed E-state index contributed by atoms with van der Waals surface area (Å²) in [6.07, 6.45) is 12.0. The molecule has 0 aromatic carbocycles. The third-order valence-electron chi connectivity index (χ3n) is 5.86. The van der Waals surface area contributed by atoms with Gasteiger partial charge in [0.25, 0.3) is 0 Å². The molecule has 140 valence electrons. The number of nitrogens with one attached hydrogen (secondary N) is 2. The van der Waals surface area contributed by atoms with Crippen LogP contribution >= 0.6 is 0 Å². The van der Waals surface area contributed by atoms with Crippen LogP contribution in [0, 0.1) is 0 Å². The Morgan fingerprint density at radius 1 is 1.40 bits per heavy atom. The van der Waals surface area contributed by atoms with Crippen molar-refractivity contribution in [3.8, 4) is 0 Å². The Bertz CT molecular complexity index is 558. The summed E-state index contributed by atoms with van der Waals surface area (Å²) in [7, 11) is 2.06. The summed E-state index contributed by atoms with van der Waals surface area (Å²) in [4.78, 5) is 12.4. The molecule has 2 heterocycles. The zero-order chi connectivity index (χ0) is 17.7. The number of aryl methyl sites for hydroxylation is 2. The predicted octanol–water partition coefficient (Wildman–Crippen LogP) is 3.53. The summed E-state index contributed by atoms with van der Waals surface area (Å²) in [6.45, 7) is 2.85. The molecule has 1 saturated heterocycles. The third kappa shape index (κ3) is 5.00. The van der Waals surface area contributed by atoms with E-state index in [0.29, 0.717) is 0 Å². The molecule has 25 heavy (non-hydrogen) atoms. The van der Waals surface area contributed by atoms with Crippen molar-refractivity contribution >= 4 is 6.03 Å². The summed E-state index contributed by atoms with van der Waals surface area (Å²) in [5.41, 5.74) is 1.34. The van der Waals surface area contributed by atoms with Crippen LogP contribution < -0.4 is 10.6 Å². The highest BCUT2D eigenvalue weighted by Crippen LogP contribution is 2.38. The van der Waals surface area contributed by atoms with Crippen LogP contribution in [-0.2, 0) is 18.2 Å². The van der Waals surface area contributed by atoms with Crippen LogP contribution in [-0.4, -0.2) is 34.9 Å². The molecule has 2 amide bonds. The molecular weight excluding hydrogens is 314 g/mol. The Morgan fingerprint density at radius 2 is 2.20 bits per heavy atom. The fraction of sp³-hybridized carbons (Fsp3) is 0.750. The SMILES string of the molecule is C[C@@H](CCc1cccn1C)NC(=O)N[C@@H]1CCOC2(CCCCC2)C1. The van der Waals surface area contributed by atoms with Gasteiger partial charge in [-0.05, 0) is 57.6 Å². The number of carbonyl (C=O) groups excluding carboxylic acids is 1. The van der Waals surface area contributed by atoms with E-state index in [1.807, 2.05) is 0 Å². The molecule has 2 fully saturated rings. The minimum atomic E-state index is -0.0303. The maximum Gasteiger partial charge on any atom is 0.315 e. The van der Waals surface area contributed by atoms with E-state index in [-0.39, 0.29) is 23.7 Å². The lowest BCUT2D eigenvalue weighted by molar-refractivity contribution is -0.107.